The van der Waals surface area contributed by atoms with Crippen molar-refractivity contribution >= 4 is 35.2 Å². The number of carbonyl (C=O) groups is 2. The van der Waals surface area contributed by atoms with Crippen molar-refractivity contribution in [3.05, 3.63) is 64.2 Å². The highest BCUT2D eigenvalue weighted by Gasteiger charge is 2.11. The number of nitriles is 1. The molecule has 1 amide bonds. The quantitative estimate of drug-likeness (QED) is 0.557. The average molecular weight is 385 g/mol. The minimum Gasteiger partial charge on any atom is -0.480 e. The Kier molecular flexibility index (Phi) is 6.98. The summed E-state index contributed by atoms with van der Waals surface area (Å²) in [4.78, 5) is 22.8. The zero-order chi connectivity index (χ0) is 19.8. The van der Waals surface area contributed by atoms with Gasteiger partial charge in [-0.1, -0.05) is 36.7 Å². The van der Waals surface area contributed by atoms with Crippen LogP contribution in [-0.2, 0) is 16.0 Å². The molecule has 7 heteroatoms. The largest absolute Gasteiger partial charge is 0.480 e. The summed E-state index contributed by atoms with van der Waals surface area (Å²) in [6.45, 7) is 1.52. The van der Waals surface area contributed by atoms with E-state index in [4.69, 9.17) is 21.4 Å². The number of hydrogen-bond donors (Lipinski definition) is 2. The first-order valence-electron chi connectivity index (χ1n) is 8.09. The number of nitrogens with one attached hydrogen (secondary N) is 1. The van der Waals surface area contributed by atoms with Crippen LogP contribution in [0, 0.1) is 11.3 Å². The molecule has 2 aromatic rings. The van der Waals surface area contributed by atoms with Crippen LogP contribution in [-0.4, -0.2) is 23.6 Å². The zero-order valence-electron chi connectivity index (χ0n) is 14.5. The van der Waals surface area contributed by atoms with Crippen LogP contribution in [0.1, 0.15) is 18.1 Å². The third-order valence-corrected chi connectivity index (χ3v) is 3.90. The first-order valence-corrected chi connectivity index (χ1v) is 8.47. The van der Waals surface area contributed by atoms with E-state index in [1.54, 1.807) is 18.2 Å². The second kappa shape index (κ2) is 9.41. The molecular weight excluding hydrogens is 368 g/mol. The van der Waals surface area contributed by atoms with Gasteiger partial charge in [0.2, 0.25) is 0 Å². The molecule has 0 heterocycles. The van der Waals surface area contributed by atoms with Gasteiger partial charge in [0, 0.05) is 5.69 Å². The summed E-state index contributed by atoms with van der Waals surface area (Å²) in [6, 6.07) is 13.8. The molecule has 0 atom stereocenters. The van der Waals surface area contributed by atoms with E-state index in [2.05, 4.69) is 5.32 Å². The highest BCUT2D eigenvalue weighted by atomic mass is 35.5. The fourth-order valence-electron chi connectivity index (χ4n) is 2.20. The number of nitrogens with zero attached hydrogens (tertiary/aromatic N) is 1. The highest BCUT2D eigenvalue weighted by Crippen LogP contribution is 2.26. The van der Waals surface area contributed by atoms with Crippen LogP contribution in [0.3, 0.4) is 0 Å². The second-order valence-corrected chi connectivity index (χ2v) is 5.95. The molecule has 138 valence electrons. The Balaban J connectivity index is 2.14. The topological polar surface area (TPSA) is 99.4 Å². The van der Waals surface area contributed by atoms with Crippen LogP contribution in [0.4, 0.5) is 5.69 Å². The predicted molar refractivity (Wildman–Crippen MR) is 103 cm³/mol. The average Bonchev–Trinajstić information content (AvgIpc) is 2.65. The number of aryl methyl sites for hydroxylation is 1. The molecule has 6 nitrogen and oxygen atoms in total. The maximum Gasteiger partial charge on any atom is 0.341 e. The summed E-state index contributed by atoms with van der Waals surface area (Å²) in [5, 5.41) is 20.8. The maximum atomic E-state index is 12.3. The summed E-state index contributed by atoms with van der Waals surface area (Å²) in [5.74, 6) is -1.45. The third kappa shape index (κ3) is 5.87. The van der Waals surface area contributed by atoms with Crippen molar-refractivity contribution in [3.8, 4) is 11.8 Å². The Morgan fingerprint density at radius 2 is 1.96 bits per heavy atom. The van der Waals surface area contributed by atoms with Crippen LogP contribution in [0.25, 0.3) is 6.08 Å². The predicted octanol–water partition coefficient (Wildman–Crippen LogP) is 3.91. The van der Waals surface area contributed by atoms with Gasteiger partial charge in [-0.05, 0) is 47.9 Å². The molecule has 0 saturated carbocycles. The molecule has 0 saturated heterocycles. The molecule has 0 unspecified atom stereocenters. The Bertz CT molecular complexity index is 915. The van der Waals surface area contributed by atoms with Crippen LogP contribution < -0.4 is 10.1 Å². The van der Waals surface area contributed by atoms with E-state index < -0.39 is 18.5 Å². The Hall–Kier alpha value is -3.30. The molecule has 2 rings (SSSR count). The fourth-order valence-corrected chi connectivity index (χ4v) is 2.44. The monoisotopic (exact) mass is 384 g/mol. The van der Waals surface area contributed by atoms with Gasteiger partial charge in [-0.3, -0.25) is 4.79 Å². The van der Waals surface area contributed by atoms with Gasteiger partial charge in [0.15, 0.2) is 6.61 Å². The summed E-state index contributed by atoms with van der Waals surface area (Å²) >= 11 is 6.05. The number of carboxylic acids is 1. The number of amides is 1. The van der Waals surface area contributed by atoms with Crippen molar-refractivity contribution in [1.29, 1.82) is 5.26 Å². The number of anilines is 1. The van der Waals surface area contributed by atoms with Crippen molar-refractivity contribution in [1.82, 2.24) is 0 Å². The summed E-state index contributed by atoms with van der Waals surface area (Å²) in [5.41, 5.74) is 2.15. The Morgan fingerprint density at radius 1 is 1.26 bits per heavy atom. The van der Waals surface area contributed by atoms with E-state index in [1.165, 1.54) is 18.2 Å². The van der Waals surface area contributed by atoms with Gasteiger partial charge < -0.3 is 15.2 Å². The van der Waals surface area contributed by atoms with E-state index in [9.17, 15) is 14.9 Å². The number of aliphatic carboxylic acids is 1. The lowest BCUT2D eigenvalue weighted by molar-refractivity contribution is -0.139. The minimum absolute atomic E-state index is 0.0927. The van der Waals surface area contributed by atoms with Crippen molar-refractivity contribution < 1.29 is 19.4 Å². The molecular formula is C20H17ClN2O4. The van der Waals surface area contributed by atoms with Crippen LogP contribution in [0.15, 0.2) is 48.0 Å². The number of rotatable bonds is 7. The van der Waals surface area contributed by atoms with Gasteiger partial charge in [-0.25, -0.2) is 4.79 Å². The standard InChI is InChI=1S/C20H17ClN2O4/c1-2-13-3-6-16(7-4-13)23-20(26)15(11-22)9-14-5-8-18(17(21)10-14)27-12-19(24)25/h3-10H,2,12H2,1H3,(H,23,26)(H,24,25)/b15-9+. The number of hydrogen-bond acceptors (Lipinski definition) is 4. The van der Waals surface area contributed by atoms with Gasteiger partial charge in [0.05, 0.1) is 5.02 Å². The van der Waals surface area contributed by atoms with Gasteiger partial charge in [0.25, 0.3) is 5.91 Å². The lowest BCUT2D eigenvalue weighted by Crippen LogP contribution is -2.13. The molecule has 0 fully saturated rings. The van der Waals surface area contributed by atoms with Crippen molar-refractivity contribution in [2.45, 2.75) is 13.3 Å². The summed E-state index contributed by atoms with van der Waals surface area (Å²) in [7, 11) is 0. The highest BCUT2D eigenvalue weighted by molar-refractivity contribution is 6.32. The number of carbonyl (C=O) groups excluding carboxylic acids is 1. The summed E-state index contributed by atoms with van der Waals surface area (Å²) < 4.78 is 5.03. The van der Waals surface area contributed by atoms with Gasteiger partial charge in [-0.2, -0.15) is 5.26 Å². The van der Waals surface area contributed by atoms with Gasteiger partial charge in [0.1, 0.15) is 17.4 Å². The zero-order valence-corrected chi connectivity index (χ0v) is 15.3. The third-order valence-electron chi connectivity index (χ3n) is 3.60. The van der Waals surface area contributed by atoms with E-state index in [0.717, 1.165) is 12.0 Å². The van der Waals surface area contributed by atoms with Crippen molar-refractivity contribution in [2.75, 3.05) is 11.9 Å². The fraction of sp³-hybridized carbons (Fsp3) is 0.150. The molecule has 0 aromatic heterocycles. The van der Waals surface area contributed by atoms with E-state index in [-0.39, 0.29) is 16.3 Å². The lowest BCUT2D eigenvalue weighted by atomic mass is 10.1. The lowest BCUT2D eigenvalue weighted by Gasteiger charge is -2.07. The first-order chi connectivity index (χ1) is 12.9. The van der Waals surface area contributed by atoms with Crippen LogP contribution in [0.5, 0.6) is 5.75 Å². The van der Waals surface area contributed by atoms with E-state index in [1.807, 2.05) is 25.1 Å². The summed E-state index contributed by atoms with van der Waals surface area (Å²) in [6.07, 6.45) is 2.28. The number of carboxylic acid groups (broad SMARTS) is 1. The Morgan fingerprint density at radius 3 is 2.52 bits per heavy atom. The maximum absolute atomic E-state index is 12.3. The molecule has 0 radical (unpaired) electrons. The SMILES string of the molecule is CCc1ccc(NC(=O)/C(C#N)=C/c2ccc(OCC(=O)O)c(Cl)c2)cc1. The van der Waals surface area contributed by atoms with Gasteiger partial charge in [-0.15, -0.1) is 0 Å². The molecule has 0 aliphatic rings. The van der Waals surface area contributed by atoms with Gasteiger partial charge >= 0.3 is 5.97 Å². The van der Waals surface area contributed by atoms with Crippen LogP contribution >= 0.6 is 11.6 Å². The smallest absolute Gasteiger partial charge is 0.341 e. The minimum atomic E-state index is -1.12. The molecule has 0 bridgehead atoms. The van der Waals surface area contributed by atoms with E-state index in [0.29, 0.717) is 11.3 Å². The molecule has 2 N–H and O–H groups in total. The first kappa shape index (κ1) is 20.0. The molecule has 0 spiro atoms. The molecule has 2 aromatic carbocycles. The Labute approximate surface area is 161 Å². The normalized spacial score (nSPS) is 10.8. The number of halogens is 1. The van der Waals surface area contributed by atoms with E-state index >= 15 is 0 Å². The van der Waals surface area contributed by atoms with Crippen LogP contribution in [0.2, 0.25) is 5.02 Å². The number of benzene rings is 2. The second-order valence-electron chi connectivity index (χ2n) is 5.55. The molecule has 0 aliphatic carbocycles. The molecule has 27 heavy (non-hydrogen) atoms. The molecule has 0 aliphatic heterocycles. The number of ether oxygens (including phenoxy) is 1. The van der Waals surface area contributed by atoms with Crippen molar-refractivity contribution in [3.63, 3.8) is 0 Å². The van der Waals surface area contributed by atoms with Crippen molar-refractivity contribution in [2.24, 2.45) is 0 Å².